The highest BCUT2D eigenvalue weighted by molar-refractivity contribution is 5.90. The van der Waals surface area contributed by atoms with Gasteiger partial charge in [-0.25, -0.2) is 9.18 Å². The smallest absolute Gasteiger partial charge is 0.414 e. The lowest BCUT2D eigenvalue weighted by atomic mass is 10.0. The number of ether oxygens (including phenoxy) is 1. The van der Waals surface area contributed by atoms with Gasteiger partial charge in [0.1, 0.15) is 11.9 Å². The third-order valence-electron chi connectivity index (χ3n) is 4.74. The number of carbonyl (C=O) groups is 1. The van der Waals surface area contributed by atoms with Gasteiger partial charge in [0, 0.05) is 32.0 Å². The van der Waals surface area contributed by atoms with E-state index >= 15 is 0 Å². The van der Waals surface area contributed by atoms with Crippen LogP contribution in [0, 0.1) is 5.82 Å². The lowest BCUT2D eigenvalue weighted by molar-refractivity contribution is 0.145. The van der Waals surface area contributed by atoms with Gasteiger partial charge in [0.15, 0.2) is 0 Å². The number of cyclic esters (lactones) is 1. The molecule has 3 heterocycles. The normalized spacial score (nSPS) is 19.8. The lowest BCUT2D eigenvalue weighted by Gasteiger charge is -2.31. The van der Waals surface area contributed by atoms with Gasteiger partial charge >= 0.3 is 6.09 Å². The minimum Gasteiger partial charge on any atom is -0.443 e. The number of fused-ring (bicyclic) bond motifs is 1. The highest BCUT2D eigenvalue weighted by atomic mass is 19.1. The molecule has 25 heavy (non-hydrogen) atoms. The van der Waals surface area contributed by atoms with Crippen molar-refractivity contribution in [3.05, 3.63) is 53.6 Å². The van der Waals surface area contributed by atoms with E-state index in [1.165, 1.54) is 16.5 Å². The number of hydrogen-bond acceptors (Lipinski definition) is 5. The van der Waals surface area contributed by atoms with Gasteiger partial charge in [-0.2, -0.15) is 0 Å². The Bertz CT molecular complexity index is 813. The van der Waals surface area contributed by atoms with Gasteiger partial charge in [-0.05, 0) is 41.8 Å². The molecule has 0 aliphatic carbocycles. The SMILES string of the molecule is NCC1CN(c2ccc(N3CCc4ccncc4C3)c(F)c2)C(=O)O1. The minimum atomic E-state index is -0.486. The van der Waals surface area contributed by atoms with Crippen LogP contribution in [0.2, 0.25) is 0 Å². The first-order valence-corrected chi connectivity index (χ1v) is 8.30. The fraction of sp³-hybridized carbons (Fsp3) is 0.333. The summed E-state index contributed by atoms with van der Waals surface area (Å²) in [5.74, 6) is -0.353. The summed E-state index contributed by atoms with van der Waals surface area (Å²) < 4.78 is 19.8. The second-order valence-corrected chi connectivity index (χ2v) is 6.30. The minimum absolute atomic E-state index is 0.254. The van der Waals surface area contributed by atoms with Crippen molar-refractivity contribution in [2.75, 3.05) is 29.4 Å². The van der Waals surface area contributed by atoms with Crippen LogP contribution >= 0.6 is 0 Å². The summed E-state index contributed by atoms with van der Waals surface area (Å²) in [6.45, 7) is 1.97. The van der Waals surface area contributed by atoms with E-state index in [0.717, 1.165) is 18.5 Å². The molecule has 2 aliphatic rings. The number of pyridine rings is 1. The van der Waals surface area contributed by atoms with E-state index in [1.54, 1.807) is 18.3 Å². The quantitative estimate of drug-likeness (QED) is 0.924. The van der Waals surface area contributed by atoms with Crippen LogP contribution in [0.4, 0.5) is 20.6 Å². The van der Waals surface area contributed by atoms with Crippen molar-refractivity contribution in [2.45, 2.75) is 19.1 Å². The highest BCUT2D eigenvalue weighted by Gasteiger charge is 2.32. The number of rotatable bonds is 3. The predicted octanol–water partition coefficient (Wildman–Crippen LogP) is 2.07. The molecule has 0 spiro atoms. The van der Waals surface area contributed by atoms with Gasteiger partial charge in [-0.15, -0.1) is 0 Å². The summed E-state index contributed by atoms with van der Waals surface area (Å²) in [6, 6.07) is 6.86. The molecule has 1 unspecified atom stereocenters. The summed E-state index contributed by atoms with van der Waals surface area (Å²) in [6.07, 6.45) is 3.64. The van der Waals surface area contributed by atoms with Gasteiger partial charge < -0.3 is 15.4 Å². The van der Waals surface area contributed by atoms with Crippen molar-refractivity contribution in [1.82, 2.24) is 4.98 Å². The summed E-state index contributed by atoms with van der Waals surface area (Å²) in [4.78, 5) is 19.4. The van der Waals surface area contributed by atoms with E-state index in [2.05, 4.69) is 4.98 Å². The molecule has 4 rings (SSSR count). The first-order chi connectivity index (χ1) is 12.2. The standard InChI is InChI=1S/C18H19FN4O2/c19-16-7-14(23-11-15(8-20)25-18(23)24)1-2-17(16)22-6-4-12-3-5-21-9-13(12)10-22/h1-3,5,7,9,15H,4,6,8,10-11,20H2. The fourth-order valence-electron chi connectivity index (χ4n) is 3.36. The third kappa shape index (κ3) is 2.91. The molecule has 1 atom stereocenters. The average Bonchev–Trinajstić information content (AvgIpc) is 3.02. The van der Waals surface area contributed by atoms with Crippen molar-refractivity contribution in [3.8, 4) is 0 Å². The molecule has 130 valence electrons. The first kappa shape index (κ1) is 15.8. The number of halogens is 1. The largest absolute Gasteiger partial charge is 0.443 e. The average molecular weight is 342 g/mol. The van der Waals surface area contributed by atoms with E-state index in [-0.39, 0.29) is 18.5 Å². The molecule has 2 aliphatic heterocycles. The molecule has 7 heteroatoms. The number of hydrogen-bond donors (Lipinski definition) is 1. The molecule has 0 bridgehead atoms. The van der Waals surface area contributed by atoms with Crippen LogP contribution in [0.25, 0.3) is 0 Å². The molecule has 0 saturated carbocycles. The van der Waals surface area contributed by atoms with E-state index in [1.807, 2.05) is 17.2 Å². The van der Waals surface area contributed by atoms with E-state index < -0.39 is 6.09 Å². The number of aromatic nitrogens is 1. The van der Waals surface area contributed by atoms with Crippen LogP contribution in [-0.4, -0.2) is 36.8 Å². The Balaban J connectivity index is 1.56. The van der Waals surface area contributed by atoms with Crippen LogP contribution < -0.4 is 15.5 Å². The molecule has 0 radical (unpaired) electrons. The number of carbonyl (C=O) groups excluding carboxylic acids is 1. The Labute approximate surface area is 145 Å². The molecule has 2 aromatic rings. The molecule has 6 nitrogen and oxygen atoms in total. The first-order valence-electron chi connectivity index (χ1n) is 8.30. The molecule has 1 saturated heterocycles. The number of benzene rings is 1. The second-order valence-electron chi connectivity index (χ2n) is 6.30. The van der Waals surface area contributed by atoms with Crippen LogP contribution in [0.5, 0.6) is 0 Å². The fourth-order valence-corrected chi connectivity index (χ4v) is 3.36. The van der Waals surface area contributed by atoms with E-state index in [0.29, 0.717) is 24.5 Å². The molecule has 1 amide bonds. The molecule has 2 N–H and O–H groups in total. The van der Waals surface area contributed by atoms with Gasteiger partial charge in [-0.3, -0.25) is 9.88 Å². The summed E-state index contributed by atoms with van der Waals surface area (Å²) in [5, 5.41) is 0. The molecule has 1 fully saturated rings. The van der Waals surface area contributed by atoms with Gasteiger partial charge in [-0.1, -0.05) is 0 Å². The van der Waals surface area contributed by atoms with Crippen molar-refractivity contribution >= 4 is 17.5 Å². The summed E-state index contributed by atoms with van der Waals surface area (Å²) >= 11 is 0. The monoisotopic (exact) mass is 342 g/mol. The van der Waals surface area contributed by atoms with Crippen molar-refractivity contribution in [3.63, 3.8) is 0 Å². The number of anilines is 2. The zero-order valence-electron chi connectivity index (χ0n) is 13.7. The van der Waals surface area contributed by atoms with Gasteiger partial charge in [0.25, 0.3) is 0 Å². The molecule has 1 aromatic heterocycles. The maximum atomic E-state index is 14.7. The van der Waals surface area contributed by atoms with Crippen molar-refractivity contribution in [2.24, 2.45) is 5.73 Å². The Hall–Kier alpha value is -2.67. The summed E-state index contributed by atoms with van der Waals surface area (Å²) in [7, 11) is 0. The molecular formula is C18H19FN4O2. The second kappa shape index (κ2) is 6.33. The Morgan fingerprint density at radius 1 is 1.32 bits per heavy atom. The van der Waals surface area contributed by atoms with E-state index in [9.17, 15) is 9.18 Å². The molecular weight excluding hydrogens is 323 g/mol. The Morgan fingerprint density at radius 2 is 2.20 bits per heavy atom. The van der Waals surface area contributed by atoms with Crippen LogP contribution in [-0.2, 0) is 17.7 Å². The summed E-state index contributed by atoms with van der Waals surface area (Å²) in [5.41, 5.74) is 8.93. The number of nitrogens with zero attached hydrogens (tertiary/aromatic N) is 3. The maximum Gasteiger partial charge on any atom is 0.414 e. The predicted molar refractivity (Wildman–Crippen MR) is 92.1 cm³/mol. The van der Waals surface area contributed by atoms with E-state index in [4.69, 9.17) is 10.5 Å². The Morgan fingerprint density at radius 3 is 2.96 bits per heavy atom. The van der Waals surface area contributed by atoms with Gasteiger partial charge in [0.05, 0.1) is 17.9 Å². The molecule has 1 aromatic carbocycles. The Kier molecular flexibility index (Phi) is 4.01. The highest BCUT2D eigenvalue weighted by Crippen LogP contribution is 2.30. The zero-order valence-corrected chi connectivity index (χ0v) is 13.7. The third-order valence-corrected chi connectivity index (χ3v) is 4.74. The van der Waals surface area contributed by atoms with Crippen LogP contribution in [0.3, 0.4) is 0 Å². The lowest BCUT2D eigenvalue weighted by Crippen LogP contribution is -2.31. The number of amides is 1. The number of nitrogens with two attached hydrogens (primary N) is 1. The topological polar surface area (TPSA) is 71.7 Å². The van der Waals surface area contributed by atoms with Crippen molar-refractivity contribution < 1.29 is 13.9 Å². The van der Waals surface area contributed by atoms with Gasteiger partial charge in [0.2, 0.25) is 0 Å². The van der Waals surface area contributed by atoms with Crippen molar-refractivity contribution in [1.29, 1.82) is 0 Å². The van der Waals surface area contributed by atoms with Crippen LogP contribution in [0.15, 0.2) is 36.7 Å². The maximum absolute atomic E-state index is 14.7. The van der Waals surface area contributed by atoms with Crippen LogP contribution in [0.1, 0.15) is 11.1 Å². The zero-order chi connectivity index (χ0) is 17.4.